The molecule has 1 aliphatic rings. The molecule has 2 rings (SSSR count). The molecular formula is C12H9F5O3. The van der Waals surface area contributed by atoms with Crippen LogP contribution in [0.4, 0.5) is 22.0 Å². The Bertz CT molecular complexity index is 513. The first kappa shape index (κ1) is 14.5. The van der Waals surface area contributed by atoms with E-state index in [4.69, 9.17) is 5.11 Å². The van der Waals surface area contributed by atoms with Gasteiger partial charge in [-0.3, -0.25) is 4.79 Å². The number of carboxylic acid groups (broad SMARTS) is 1. The second kappa shape index (κ2) is 4.32. The van der Waals surface area contributed by atoms with E-state index in [1.165, 1.54) is 0 Å². The molecule has 0 amide bonds. The Labute approximate surface area is 110 Å². The molecule has 1 fully saturated rings. The van der Waals surface area contributed by atoms with Crippen LogP contribution in [-0.4, -0.2) is 23.4 Å². The van der Waals surface area contributed by atoms with Gasteiger partial charge in [-0.05, 0) is 17.7 Å². The first-order valence-electron chi connectivity index (χ1n) is 5.52. The maximum absolute atomic E-state index is 12.9. The van der Waals surface area contributed by atoms with Gasteiger partial charge in [0.05, 0.1) is 0 Å². The molecule has 0 aliphatic heterocycles. The summed E-state index contributed by atoms with van der Waals surface area (Å²) in [6.45, 7) is 0. The summed E-state index contributed by atoms with van der Waals surface area (Å²) < 4.78 is 65.4. The minimum Gasteiger partial charge on any atom is -0.481 e. The van der Waals surface area contributed by atoms with Crippen molar-refractivity contribution in [3.63, 3.8) is 0 Å². The predicted octanol–water partition coefficient (Wildman–Crippen LogP) is 3.34. The molecule has 1 aliphatic carbocycles. The van der Waals surface area contributed by atoms with Crippen LogP contribution in [0.15, 0.2) is 24.3 Å². The number of aliphatic carboxylic acids is 1. The first-order valence-corrected chi connectivity index (χ1v) is 5.52. The van der Waals surface area contributed by atoms with Crippen LogP contribution >= 0.6 is 0 Å². The SMILES string of the molecule is O=C(O)C1(c2ccc(OC(F)(F)F)cc2)CC(F)(F)C1. The molecule has 8 heteroatoms. The third-order valence-corrected chi connectivity index (χ3v) is 3.17. The molecule has 1 aromatic carbocycles. The van der Waals surface area contributed by atoms with E-state index in [9.17, 15) is 26.7 Å². The van der Waals surface area contributed by atoms with Gasteiger partial charge >= 0.3 is 12.3 Å². The minimum absolute atomic E-state index is 0.0328. The van der Waals surface area contributed by atoms with Gasteiger partial charge < -0.3 is 9.84 Å². The lowest BCUT2D eigenvalue weighted by molar-refractivity contribution is -0.274. The van der Waals surface area contributed by atoms with Crippen molar-refractivity contribution < 1.29 is 36.6 Å². The van der Waals surface area contributed by atoms with Gasteiger partial charge in [0, 0.05) is 12.8 Å². The molecule has 1 aromatic rings. The Morgan fingerprint density at radius 2 is 1.65 bits per heavy atom. The normalized spacial score (nSPS) is 20.1. The smallest absolute Gasteiger partial charge is 0.481 e. The van der Waals surface area contributed by atoms with E-state index in [1.54, 1.807) is 0 Å². The van der Waals surface area contributed by atoms with Gasteiger partial charge in [0.1, 0.15) is 11.2 Å². The third-order valence-electron chi connectivity index (χ3n) is 3.17. The number of hydrogen-bond acceptors (Lipinski definition) is 2. The fraction of sp³-hybridized carbons (Fsp3) is 0.417. The monoisotopic (exact) mass is 296 g/mol. The Kier molecular flexibility index (Phi) is 3.14. The zero-order chi connectivity index (χ0) is 15.2. The van der Waals surface area contributed by atoms with E-state index in [1.807, 2.05) is 0 Å². The van der Waals surface area contributed by atoms with Crippen molar-refractivity contribution in [1.29, 1.82) is 0 Å². The summed E-state index contributed by atoms with van der Waals surface area (Å²) in [6, 6.07) is 3.93. The van der Waals surface area contributed by atoms with Crippen molar-refractivity contribution >= 4 is 5.97 Å². The fourth-order valence-electron chi connectivity index (χ4n) is 2.29. The van der Waals surface area contributed by atoms with Gasteiger partial charge in [0.25, 0.3) is 5.92 Å². The molecule has 0 atom stereocenters. The maximum Gasteiger partial charge on any atom is 0.573 e. The highest BCUT2D eigenvalue weighted by atomic mass is 19.4. The molecule has 0 radical (unpaired) electrons. The fourth-order valence-corrected chi connectivity index (χ4v) is 2.29. The molecular weight excluding hydrogens is 287 g/mol. The van der Waals surface area contributed by atoms with Crippen molar-refractivity contribution in [1.82, 2.24) is 0 Å². The maximum atomic E-state index is 12.9. The standard InChI is InChI=1S/C12H9F5O3/c13-11(14)5-10(6-11,9(18)19)7-1-3-8(4-2-7)20-12(15,16)17/h1-4H,5-6H2,(H,18,19). The number of hydrogen-bond donors (Lipinski definition) is 1. The van der Waals surface area contributed by atoms with E-state index in [0.29, 0.717) is 0 Å². The largest absolute Gasteiger partial charge is 0.573 e. The Hall–Kier alpha value is -1.86. The van der Waals surface area contributed by atoms with Crippen LogP contribution in [0, 0.1) is 0 Å². The van der Waals surface area contributed by atoms with Crippen LogP contribution in [0.2, 0.25) is 0 Å². The van der Waals surface area contributed by atoms with Gasteiger partial charge in [0.15, 0.2) is 0 Å². The van der Waals surface area contributed by atoms with Crippen molar-refractivity contribution in [2.24, 2.45) is 0 Å². The predicted molar refractivity (Wildman–Crippen MR) is 56.6 cm³/mol. The first-order chi connectivity index (χ1) is 9.04. The highest BCUT2D eigenvalue weighted by Gasteiger charge is 2.62. The van der Waals surface area contributed by atoms with Crippen LogP contribution in [0.3, 0.4) is 0 Å². The van der Waals surface area contributed by atoms with Crippen LogP contribution in [0.5, 0.6) is 5.75 Å². The molecule has 0 heterocycles. The molecule has 0 unspecified atom stereocenters. The summed E-state index contributed by atoms with van der Waals surface area (Å²) in [7, 11) is 0. The molecule has 0 aromatic heterocycles. The van der Waals surface area contributed by atoms with E-state index >= 15 is 0 Å². The summed E-state index contributed by atoms with van der Waals surface area (Å²) in [5.41, 5.74) is -1.72. The zero-order valence-electron chi connectivity index (χ0n) is 9.88. The molecule has 0 spiro atoms. The summed E-state index contributed by atoms with van der Waals surface area (Å²) >= 11 is 0. The van der Waals surface area contributed by atoms with Gasteiger partial charge in [0.2, 0.25) is 0 Å². The van der Waals surface area contributed by atoms with Crippen molar-refractivity contribution in [2.75, 3.05) is 0 Å². The van der Waals surface area contributed by atoms with Crippen LogP contribution in [0.25, 0.3) is 0 Å². The quantitative estimate of drug-likeness (QED) is 0.870. The average molecular weight is 296 g/mol. The van der Waals surface area contributed by atoms with E-state index in [2.05, 4.69) is 4.74 Å². The van der Waals surface area contributed by atoms with E-state index in [-0.39, 0.29) is 5.56 Å². The molecule has 3 nitrogen and oxygen atoms in total. The molecule has 20 heavy (non-hydrogen) atoms. The van der Waals surface area contributed by atoms with Crippen LogP contribution < -0.4 is 4.74 Å². The number of halogens is 5. The topological polar surface area (TPSA) is 46.5 Å². The lowest BCUT2D eigenvalue weighted by atomic mass is 9.62. The molecule has 1 saturated carbocycles. The van der Waals surface area contributed by atoms with E-state index < -0.39 is 42.3 Å². The average Bonchev–Trinajstić information content (AvgIpc) is 2.23. The lowest BCUT2D eigenvalue weighted by Gasteiger charge is -2.44. The molecule has 1 N–H and O–H groups in total. The summed E-state index contributed by atoms with van der Waals surface area (Å²) in [5.74, 6) is -5.03. The summed E-state index contributed by atoms with van der Waals surface area (Å²) in [5, 5.41) is 9.08. The van der Waals surface area contributed by atoms with Gasteiger partial charge in [-0.15, -0.1) is 13.2 Å². The van der Waals surface area contributed by atoms with Crippen molar-refractivity contribution in [2.45, 2.75) is 30.5 Å². The highest BCUT2D eigenvalue weighted by Crippen LogP contribution is 2.53. The second-order valence-corrected chi connectivity index (χ2v) is 4.67. The van der Waals surface area contributed by atoms with Crippen LogP contribution in [-0.2, 0) is 10.2 Å². The minimum atomic E-state index is -4.87. The Morgan fingerprint density at radius 3 is 2.00 bits per heavy atom. The molecule has 0 bridgehead atoms. The van der Waals surface area contributed by atoms with Gasteiger partial charge in [-0.25, -0.2) is 8.78 Å². The second-order valence-electron chi connectivity index (χ2n) is 4.67. The lowest BCUT2D eigenvalue weighted by Crippen LogP contribution is -2.54. The number of alkyl halides is 5. The van der Waals surface area contributed by atoms with E-state index in [0.717, 1.165) is 24.3 Å². The van der Waals surface area contributed by atoms with Gasteiger partial charge in [-0.2, -0.15) is 0 Å². The number of carboxylic acids is 1. The summed E-state index contributed by atoms with van der Waals surface area (Å²) in [4.78, 5) is 11.2. The number of benzene rings is 1. The molecule has 0 saturated heterocycles. The van der Waals surface area contributed by atoms with Crippen molar-refractivity contribution in [3.8, 4) is 5.75 Å². The zero-order valence-corrected chi connectivity index (χ0v) is 9.88. The van der Waals surface area contributed by atoms with Crippen LogP contribution in [0.1, 0.15) is 18.4 Å². The Morgan fingerprint density at radius 1 is 1.15 bits per heavy atom. The number of carbonyl (C=O) groups is 1. The van der Waals surface area contributed by atoms with Gasteiger partial charge in [-0.1, -0.05) is 12.1 Å². The highest BCUT2D eigenvalue weighted by molar-refractivity contribution is 5.83. The number of ether oxygens (including phenoxy) is 1. The molecule has 110 valence electrons. The Balaban J connectivity index is 2.23. The summed E-state index contributed by atoms with van der Waals surface area (Å²) in [6.07, 6.45) is -6.60. The third kappa shape index (κ3) is 2.68. The number of rotatable bonds is 3. The van der Waals surface area contributed by atoms with Crippen molar-refractivity contribution in [3.05, 3.63) is 29.8 Å².